The van der Waals surface area contributed by atoms with Gasteiger partial charge in [0.2, 0.25) is 0 Å². The molecule has 0 bridgehead atoms. The van der Waals surface area contributed by atoms with Crippen LogP contribution in [0.15, 0.2) is 17.2 Å². The molecule has 1 fully saturated rings. The van der Waals surface area contributed by atoms with Gasteiger partial charge in [0.1, 0.15) is 0 Å². The fourth-order valence-corrected chi connectivity index (χ4v) is 2.70. The third-order valence-electron chi connectivity index (χ3n) is 3.40. The lowest BCUT2D eigenvalue weighted by atomic mass is 10.0. The van der Waals surface area contributed by atoms with Crippen molar-refractivity contribution < 1.29 is 0 Å². The lowest BCUT2D eigenvalue weighted by Crippen LogP contribution is -2.40. The number of nitrogens with zero attached hydrogens (tertiary/aromatic N) is 3. The Hall–Kier alpha value is -1.03. The number of hydrogen-bond donors (Lipinski definition) is 0. The maximum Gasteiger partial charge on any atom is 0.293 e. The van der Waals surface area contributed by atoms with Crippen molar-refractivity contribution in [2.45, 2.75) is 32.7 Å². The highest BCUT2D eigenvalue weighted by atomic mass is 35.5. The number of halogens is 1. The van der Waals surface area contributed by atoms with Gasteiger partial charge >= 0.3 is 0 Å². The largest absolute Gasteiger partial charge is 0.352 e. The molecule has 0 aromatic carbocycles. The van der Waals surface area contributed by atoms with Crippen LogP contribution >= 0.6 is 11.6 Å². The van der Waals surface area contributed by atoms with E-state index in [2.05, 4.69) is 16.8 Å². The number of piperidine rings is 1. The van der Waals surface area contributed by atoms with E-state index in [9.17, 15) is 4.79 Å². The monoisotopic (exact) mass is 269 g/mol. The fourth-order valence-electron chi connectivity index (χ4n) is 2.45. The van der Waals surface area contributed by atoms with Gasteiger partial charge < -0.3 is 9.47 Å². The second kappa shape index (κ2) is 6.23. The number of aromatic nitrogens is 2. The minimum Gasteiger partial charge on any atom is -0.352 e. The predicted octanol–water partition coefficient (Wildman–Crippen LogP) is 2.11. The number of anilines is 1. The SMILES string of the molecule is CCCn1ccnc(N2CCCC(CCl)C2)c1=O. The van der Waals surface area contributed by atoms with E-state index < -0.39 is 0 Å². The van der Waals surface area contributed by atoms with Crippen molar-refractivity contribution in [3.8, 4) is 0 Å². The first-order valence-electron chi connectivity index (χ1n) is 6.62. The summed E-state index contributed by atoms with van der Waals surface area (Å²) >= 11 is 5.92. The summed E-state index contributed by atoms with van der Waals surface area (Å²) in [6, 6.07) is 0. The van der Waals surface area contributed by atoms with E-state index in [1.807, 2.05) is 0 Å². The summed E-state index contributed by atoms with van der Waals surface area (Å²) in [5.41, 5.74) is 0.0228. The Morgan fingerprint density at radius 3 is 3.11 bits per heavy atom. The third kappa shape index (κ3) is 2.86. The predicted molar refractivity (Wildman–Crippen MR) is 74.4 cm³/mol. The van der Waals surface area contributed by atoms with Crippen molar-refractivity contribution in [3.05, 3.63) is 22.7 Å². The molecule has 0 amide bonds. The van der Waals surface area contributed by atoms with E-state index in [-0.39, 0.29) is 5.56 Å². The topological polar surface area (TPSA) is 38.1 Å². The molecule has 0 N–H and O–H groups in total. The Morgan fingerprint density at radius 1 is 1.56 bits per heavy atom. The smallest absolute Gasteiger partial charge is 0.293 e. The number of aryl methyl sites for hydroxylation is 1. The normalized spacial score (nSPS) is 20.1. The highest BCUT2D eigenvalue weighted by molar-refractivity contribution is 6.18. The average Bonchev–Trinajstić information content (AvgIpc) is 2.41. The van der Waals surface area contributed by atoms with E-state index in [0.717, 1.165) is 38.9 Å². The van der Waals surface area contributed by atoms with Gasteiger partial charge in [0.25, 0.3) is 5.56 Å². The molecule has 1 aromatic heterocycles. The van der Waals surface area contributed by atoms with Crippen LogP contribution in [0.4, 0.5) is 5.82 Å². The van der Waals surface area contributed by atoms with Gasteiger partial charge in [-0.3, -0.25) is 4.79 Å². The second-order valence-corrected chi connectivity index (χ2v) is 5.17. The van der Waals surface area contributed by atoms with Gasteiger partial charge in [-0.2, -0.15) is 0 Å². The Morgan fingerprint density at radius 2 is 2.39 bits per heavy atom. The van der Waals surface area contributed by atoms with E-state index in [4.69, 9.17) is 11.6 Å². The summed E-state index contributed by atoms with van der Waals surface area (Å²) in [6.07, 6.45) is 6.67. The van der Waals surface area contributed by atoms with Crippen molar-refractivity contribution in [2.24, 2.45) is 5.92 Å². The molecule has 1 saturated heterocycles. The third-order valence-corrected chi connectivity index (χ3v) is 3.83. The molecule has 1 aliphatic rings. The van der Waals surface area contributed by atoms with Crippen molar-refractivity contribution in [2.75, 3.05) is 23.9 Å². The molecule has 2 rings (SSSR count). The molecular weight excluding hydrogens is 250 g/mol. The zero-order chi connectivity index (χ0) is 13.0. The maximum absolute atomic E-state index is 12.3. The van der Waals surface area contributed by atoms with Gasteiger partial charge in [-0.15, -0.1) is 11.6 Å². The Bertz CT molecular complexity index is 446. The first-order valence-corrected chi connectivity index (χ1v) is 7.16. The summed E-state index contributed by atoms with van der Waals surface area (Å²) in [5, 5.41) is 0. The van der Waals surface area contributed by atoms with Gasteiger partial charge in [0.05, 0.1) is 0 Å². The molecule has 1 aliphatic heterocycles. The Balaban J connectivity index is 2.22. The number of rotatable bonds is 4. The van der Waals surface area contributed by atoms with Crippen molar-refractivity contribution in [1.29, 1.82) is 0 Å². The van der Waals surface area contributed by atoms with Crippen molar-refractivity contribution >= 4 is 17.4 Å². The molecule has 100 valence electrons. The maximum atomic E-state index is 12.3. The van der Waals surface area contributed by atoms with Crippen molar-refractivity contribution in [3.63, 3.8) is 0 Å². The first-order chi connectivity index (χ1) is 8.76. The van der Waals surface area contributed by atoms with E-state index >= 15 is 0 Å². The molecule has 5 heteroatoms. The fraction of sp³-hybridized carbons (Fsp3) is 0.692. The summed E-state index contributed by atoms with van der Waals surface area (Å²) < 4.78 is 1.74. The van der Waals surface area contributed by atoms with E-state index in [0.29, 0.717) is 17.6 Å². The second-order valence-electron chi connectivity index (χ2n) is 4.86. The van der Waals surface area contributed by atoms with Crippen LogP contribution < -0.4 is 10.5 Å². The van der Waals surface area contributed by atoms with Crippen LogP contribution in [0.3, 0.4) is 0 Å². The van der Waals surface area contributed by atoms with E-state index in [1.54, 1.807) is 17.0 Å². The van der Waals surface area contributed by atoms with Gasteiger partial charge in [-0.25, -0.2) is 4.98 Å². The lowest BCUT2D eigenvalue weighted by molar-refractivity contribution is 0.446. The molecule has 1 aromatic rings. The standard InChI is InChI=1S/C13H20ClN3O/c1-2-6-16-8-5-15-12(13(16)18)17-7-3-4-11(9-14)10-17/h5,8,11H,2-4,6-7,9-10H2,1H3. The Kier molecular flexibility index (Phi) is 4.64. The first kappa shape index (κ1) is 13.4. The van der Waals surface area contributed by atoms with Crippen LogP contribution in [0.1, 0.15) is 26.2 Å². The van der Waals surface area contributed by atoms with Crippen LogP contribution in [-0.4, -0.2) is 28.5 Å². The van der Waals surface area contributed by atoms with Crippen LogP contribution in [0.5, 0.6) is 0 Å². The van der Waals surface area contributed by atoms with Crippen LogP contribution in [-0.2, 0) is 6.54 Å². The quantitative estimate of drug-likeness (QED) is 0.786. The molecule has 4 nitrogen and oxygen atoms in total. The number of hydrogen-bond acceptors (Lipinski definition) is 3. The molecule has 0 aliphatic carbocycles. The van der Waals surface area contributed by atoms with Crippen LogP contribution in [0, 0.1) is 5.92 Å². The minimum atomic E-state index is 0.0228. The Labute approximate surface area is 113 Å². The average molecular weight is 270 g/mol. The molecule has 0 spiro atoms. The summed E-state index contributed by atoms with van der Waals surface area (Å²) in [6.45, 7) is 4.58. The molecule has 2 heterocycles. The van der Waals surface area contributed by atoms with Gasteiger partial charge in [0.15, 0.2) is 5.82 Å². The van der Waals surface area contributed by atoms with Gasteiger partial charge in [-0.05, 0) is 25.2 Å². The van der Waals surface area contributed by atoms with Gasteiger partial charge in [0, 0.05) is 37.9 Å². The molecule has 1 atom stereocenters. The molecule has 1 unspecified atom stereocenters. The molecule has 0 radical (unpaired) electrons. The van der Waals surface area contributed by atoms with Gasteiger partial charge in [-0.1, -0.05) is 6.92 Å². The minimum absolute atomic E-state index is 0.0228. The molecule has 18 heavy (non-hydrogen) atoms. The number of alkyl halides is 1. The summed E-state index contributed by atoms with van der Waals surface area (Å²) in [5.74, 6) is 1.72. The highest BCUT2D eigenvalue weighted by Crippen LogP contribution is 2.20. The summed E-state index contributed by atoms with van der Waals surface area (Å²) in [4.78, 5) is 18.6. The van der Waals surface area contributed by atoms with Crippen molar-refractivity contribution in [1.82, 2.24) is 9.55 Å². The highest BCUT2D eigenvalue weighted by Gasteiger charge is 2.22. The zero-order valence-electron chi connectivity index (χ0n) is 10.8. The van der Waals surface area contributed by atoms with E-state index in [1.165, 1.54) is 0 Å². The zero-order valence-corrected chi connectivity index (χ0v) is 11.6. The van der Waals surface area contributed by atoms with Crippen LogP contribution in [0.2, 0.25) is 0 Å². The molecule has 0 saturated carbocycles. The lowest BCUT2D eigenvalue weighted by Gasteiger charge is -2.32. The summed E-state index contributed by atoms with van der Waals surface area (Å²) in [7, 11) is 0. The van der Waals surface area contributed by atoms with Crippen LogP contribution in [0.25, 0.3) is 0 Å². The molecular formula is C13H20ClN3O.